The molecule has 1 heterocycles. The number of ketones is 1. The molecule has 8 nitrogen and oxygen atoms in total. The van der Waals surface area contributed by atoms with Crippen LogP contribution in [0.2, 0.25) is 0 Å². The Morgan fingerprint density at radius 3 is 2.42 bits per heavy atom. The highest BCUT2D eigenvalue weighted by Gasteiger charge is 2.23. The number of Topliss-reactive ketones (excluding diaryl/α,β-unsaturated/α-hetero) is 1. The van der Waals surface area contributed by atoms with E-state index in [-0.39, 0.29) is 5.69 Å². The van der Waals surface area contributed by atoms with Crippen LogP contribution in [0, 0.1) is 6.92 Å². The number of rotatable bonds is 5. The molecule has 0 spiro atoms. The molecule has 0 saturated carbocycles. The fourth-order valence-corrected chi connectivity index (χ4v) is 2.38. The van der Waals surface area contributed by atoms with Gasteiger partial charge in [0.15, 0.2) is 5.78 Å². The van der Waals surface area contributed by atoms with Crippen LogP contribution in [0.5, 0.6) is 0 Å². The lowest BCUT2D eigenvalue weighted by Gasteiger charge is -2.09. The number of hydrogen-bond acceptors (Lipinski definition) is 5. The standard InChI is InChI=1S/C18H17N5O3/c1-10-3-5-12(6-4-10)22-23-16(11(2)24)17(25)19-13-7-8-14-15(9-13)21-18(26)20-14/h3-9,16H,1-2H3,(H,19,25)(H2,20,21,26). The summed E-state index contributed by atoms with van der Waals surface area (Å²) in [6, 6.07) is 10.9. The third-order valence-electron chi connectivity index (χ3n) is 3.74. The second-order valence-corrected chi connectivity index (χ2v) is 5.89. The molecule has 0 saturated heterocycles. The van der Waals surface area contributed by atoms with Gasteiger partial charge in [-0.15, -0.1) is 0 Å². The Kier molecular flexibility index (Phi) is 4.74. The maximum Gasteiger partial charge on any atom is 0.323 e. The number of benzene rings is 2. The number of H-pyrrole nitrogens is 2. The van der Waals surface area contributed by atoms with Crippen molar-refractivity contribution >= 4 is 34.1 Å². The fraction of sp³-hybridized carbons (Fsp3) is 0.167. The Balaban J connectivity index is 1.78. The lowest BCUT2D eigenvalue weighted by molar-refractivity contribution is -0.126. The molecule has 1 unspecified atom stereocenters. The molecular weight excluding hydrogens is 334 g/mol. The number of anilines is 1. The zero-order valence-electron chi connectivity index (χ0n) is 14.2. The third-order valence-corrected chi connectivity index (χ3v) is 3.74. The van der Waals surface area contributed by atoms with Crippen LogP contribution in [-0.2, 0) is 9.59 Å². The Labute approximate surface area is 148 Å². The highest BCUT2D eigenvalue weighted by atomic mass is 16.2. The summed E-state index contributed by atoms with van der Waals surface area (Å²) in [6.45, 7) is 3.23. The average molecular weight is 351 g/mol. The fourth-order valence-electron chi connectivity index (χ4n) is 2.38. The van der Waals surface area contributed by atoms with Crippen LogP contribution in [-0.4, -0.2) is 27.7 Å². The highest BCUT2D eigenvalue weighted by Crippen LogP contribution is 2.17. The van der Waals surface area contributed by atoms with Crippen LogP contribution in [0.4, 0.5) is 11.4 Å². The molecule has 0 aliphatic rings. The minimum absolute atomic E-state index is 0.336. The van der Waals surface area contributed by atoms with Gasteiger partial charge < -0.3 is 15.3 Å². The van der Waals surface area contributed by atoms with Gasteiger partial charge in [-0.25, -0.2) is 4.79 Å². The van der Waals surface area contributed by atoms with Gasteiger partial charge in [-0.05, 0) is 44.2 Å². The first-order chi connectivity index (χ1) is 12.4. The molecule has 3 N–H and O–H groups in total. The Morgan fingerprint density at radius 2 is 1.73 bits per heavy atom. The van der Waals surface area contributed by atoms with Crippen LogP contribution in [0.25, 0.3) is 11.0 Å². The van der Waals surface area contributed by atoms with Crippen molar-refractivity contribution in [1.82, 2.24) is 9.97 Å². The van der Waals surface area contributed by atoms with Gasteiger partial charge in [0.1, 0.15) is 0 Å². The number of azo groups is 1. The molecule has 0 aliphatic carbocycles. The molecule has 132 valence electrons. The number of nitrogens with one attached hydrogen (secondary N) is 3. The van der Waals surface area contributed by atoms with Gasteiger partial charge in [-0.1, -0.05) is 17.7 Å². The molecule has 2 aromatic carbocycles. The topological polar surface area (TPSA) is 120 Å². The van der Waals surface area contributed by atoms with Crippen molar-refractivity contribution in [3.63, 3.8) is 0 Å². The van der Waals surface area contributed by atoms with Gasteiger partial charge in [0.05, 0.1) is 16.7 Å². The number of aryl methyl sites for hydroxylation is 1. The molecule has 0 aliphatic heterocycles. The van der Waals surface area contributed by atoms with Gasteiger partial charge in [-0.3, -0.25) is 9.59 Å². The summed E-state index contributed by atoms with van der Waals surface area (Å²) in [7, 11) is 0. The number of hydrogen-bond donors (Lipinski definition) is 3. The zero-order chi connectivity index (χ0) is 18.7. The Bertz CT molecular complexity index is 1050. The van der Waals surface area contributed by atoms with Crippen molar-refractivity contribution in [3.05, 3.63) is 58.5 Å². The molecule has 0 bridgehead atoms. The van der Waals surface area contributed by atoms with Gasteiger partial charge in [0.2, 0.25) is 6.04 Å². The number of aromatic nitrogens is 2. The summed E-state index contributed by atoms with van der Waals surface area (Å²) >= 11 is 0. The van der Waals surface area contributed by atoms with E-state index in [0.717, 1.165) is 5.56 Å². The summed E-state index contributed by atoms with van der Waals surface area (Å²) in [5.41, 5.74) is 2.90. The SMILES string of the molecule is CC(=O)C(N=Nc1ccc(C)cc1)C(=O)Nc1ccc2[nH]c(=O)[nH]c2c1. The van der Waals surface area contributed by atoms with Gasteiger partial charge in [0.25, 0.3) is 5.91 Å². The first kappa shape index (κ1) is 17.3. The van der Waals surface area contributed by atoms with Crippen LogP contribution in [0.3, 0.4) is 0 Å². The van der Waals surface area contributed by atoms with Crippen molar-refractivity contribution in [2.75, 3.05) is 5.32 Å². The number of imidazole rings is 1. The number of amides is 1. The molecule has 26 heavy (non-hydrogen) atoms. The summed E-state index contributed by atoms with van der Waals surface area (Å²) in [5.74, 6) is -1.01. The number of carbonyl (C=O) groups excluding carboxylic acids is 2. The maximum atomic E-state index is 12.4. The van der Waals surface area contributed by atoms with Crippen LogP contribution in [0.1, 0.15) is 12.5 Å². The van der Waals surface area contributed by atoms with Crippen molar-refractivity contribution in [3.8, 4) is 0 Å². The molecule has 1 amide bonds. The summed E-state index contributed by atoms with van der Waals surface area (Å²) < 4.78 is 0. The molecular formula is C18H17N5O3. The largest absolute Gasteiger partial charge is 0.324 e. The molecule has 3 aromatic rings. The second kappa shape index (κ2) is 7.14. The van der Waals surface area contributed by atoms with E-state index in [4.69, 9.17) is 0 Å². The molecule has 8 heteroatoms. The van der Waals surface area contributed by atoms with E-state index in [1.807, 2.05) is 19.1 Å². The minimum Gasteiger partial charge on any atom is -0.324 e. The summed E-state index contributed by atoms with van der Waals surface area (Å²) in [5, 5.41) is 10.5. The first-order valence-electron chi connectivity index (χ1n) is 7.93. The lowest BCUT2D eigenvalue weighted by atomic mass is 10.2. The molecule has 0 fully saturated rings. The van der Waals surface area contributed by atoms with E-state index in [1.54, 1.807) is 30.3 Å². The van der Waals surface area contributed by atoms with E-state index >= 15 is 0 Å². The number of nitrogens with zero attached hydrogens (tertiary/aromatic N) is 2. The Hall–Kier alpha value is -3.55. The quantitative estimate of drug-likeness (QED) is 0.484. The van der Waals surface area contributed by atoms with Crippen molar-refractivity contribution in [2.45, 2.75) is 19.9 Å². The summed E-state index contributed by atoms with van der Waals surface area (Å²) in [4.78, 5) is 40.7. The van der Waals surface area contributed by atoms with E-state index in [9.17, 15) is 14.4 Å². The zero-order valence-corrected chi connectivity index (χ0v) is 14.2. The van der Waals surface area contributed by atoms with E-state index in [0.29, 0.717) is 22.4 Å². The smallest absolute Gasteiger partial charge is 0.323 e. The predicted octanol–water partition coefficient (Wildman–Crippen LogP) is 2.84. The Morgan fingerprint density at radius 1 is 1.04 bits per heavy atom. The maximum absolute atomic E-state index is 12.4. The average Bonchev–Trinajstić information content (AvgIpc) is 2.95. The van der Waals surface area contributed by atoms with Crippen molar-refractivity contribution < 1.29 is 9.59 Å². The van der Waals surface area contributed by atoms with Gasteiger partial charge in [0, 0.05) is 5.69 Å². The highest BCUT2D eigenvalue weighted by molar-refractivity contribution is 6.10. The molecule has 1 aromatic heterocycles. The van der Waals surface area contributed by atoms with Crippen molar-refractivity contribution in [1.29, 1.82) is 0 Å². The van der Waals surface area contributed by atoms with Gasteiger partial charge >= 0.3 is 5.69 Å². The molecule has 1 atom stereocenters. The second-order valence-electron chi connectivity index (χ2n) is 5.89. The number of fused-ring (bicyclic) bond motifs is 1. The first-order valence-corrected chi connectivity index (χ1v) is 7.93. The van der Waals surface area contributed by atoms with Crippen LogP contribution >= 0.6 is 0 Å². The van der Waals surface area contributed by atoms with Crippen LogP contribution in [0.15, 0.2) is 57.5 Å². The lowest BCUT2D eigenvalue weighted by Crippen LogP contribution is -2.31. The van der Waals surface area contributed by atoms with Crippen LogP contribution < -0.4 is 11.0 Å². The molecule has 3 rings (SSSR count). The summed E-state index contributed by atoms with van der Waals surface area (Å²) in [6.07, 6.45) is 0. The number of aromatic amines is 2. The van der Waals surface area contributed by atoms with E-state index < -0.39 is 17.7 Å². The van der Waals surface area contributed by atoms with E-state index in [1.165, 1.54) is 6.92 Å². The predicted molar refractivity (Wildman–Crippen MR) is 97.7 cm³/mol. The normalized spacial score (nSPS) is 12.4. The van der Waals surface area contributed by atoms with Gasteiger partial charge in [-0.2, -0.15) is 10.2 Å². The van der Waals surface area contributed by atoms with Crippen molar-refractivity contribution in [2.24, 2.45) is 10.2 Å². The number of carbonyl (C=O) groups is 2. The van der Waals surface area contributed by atoms with E-state index in [2.05, 4.69) is 25.5 Å². The minimum atomic E-state index is -1.25. The molecule has 0 radical (unpaired) electrons. The monoisotopic (exact) mass is 351 g/mol. The third kappa shape index (κ3) is 3.92.